The summed E-state index contributed by atoms with van der Waals surface area (Å²) >= 11 is 0. The van der Waals surface area contributed by atoms with Crippen molar-refractivity contribution in [1.82, 2.24) is 14.8 Å². The Morgan fingerprint density at radius 1 is 1.10 bits per heavy atom. The number of hydrogen-bond acceptors (Lipinski definition) is 5. The molecule has 0 bridgehead atoms. The number of amides is 2. The van der Waals surface area contributed by atoms with Gasteiger partial charge in [0.05, 0.1) is 17.9 Å². The molecule has 1 aromatic rings. The summed E-state index contributed by atoms with van der Waals surface area (Å²) < 4.78 is 5.01. The van der Waals surface area contributed by atoms with Crippen LogP contribution in [0.25, 0.3) is 0 Å². The quantitative estimate of drug-likeness (QED) is 0.725. The largest absolute Gasteiger partial charge is 0.462 e. The van der Waals surface area contributed by atoms with Crippen molar-refractivity contribution in [2.45, 2.75) is 46.5 Å². The molecule has 3 rings (SSSR count). The summed E-state index contributed by atoms with van der Waals surface area (Å²) in [5.41, 5.74) is 1.19. The topological polar surface area (TPSA) is 79.8 Å². The number of esters is 1. The van der Waals surface area contributed by atoms with Gasteiger partial charge in [-0.05, 0) is 57.6 Å². The van der Waals surface area contributed by atoms with Crippen molar-refractivity contribution < 1.29 is 19.1 Å². The molecule has 3 heterocycles. The molecule has 2 saturated heterocycles. The van der Waals surface area contributed by atoms with Crippen LogP contribution in [0.1, 0.15) is 66.1 Å². The molecule has 0 aliphatic carbocycles. The molecule has 7 heteroatoms. The lowest BCUT2D eigenvalue weighted by molar-refractivity contribution is -0.138. The third-order valence-corrected chi connectivity index (χ3v) is 5.90. The van der Waals surface area contributed by atoms with Crippen LogP contribution in [0.2, 0.25) is 0 Å². The van der Waals surface area contributed by atoms with Gasteiger partial charge in [-0.15, -0.1) is 0 Å². The molecule has 0 aromatic carbocycles. The van der Waals surface area contributed by atoms with E-state index in [1.165, 1.54) is 6.42 Å². The fraction of sp³-hybridized carbons (Fsp3) is 0.636. The average Bonchev–Trinajstić information content (AvgIpc) is 2.73. The molecule has 2 aliphatic rings. The first-order chi connectivity index (χ1) is 13.9. The second kappa shape index (κ2) is 9.37. The van der Waals surface area contributed by atoms with Crippen molar-refractivity contribution in [3.63, 3.8) is 0 Å². The van der Waals surface area contributed by atoms with E-state index in [0.717, 1.165) is 19.5 Å². The lowest BCUT2D eigenvalue weighted by Gasteiger charge is -2.37. The van der Waals surface area contributed by atoms with E-state index in [4.69, 9.17) is 4.74 Å². The molecule has 2 aliphatic heterocycles. The van der Waals surface area contributed by atoms with Gasteiger partial charge in [0.15, 0.2) is 0 Å². The highest BCUT2D eigenvalue weighted by molar-refractivity contribution is 5.95. The number of piperidine rings is 2. The van der Waals surface area contributed by atoms with Crippen LogP contribution in [0.3, 0.4) is 0 Å². The maximum atomic E-state index is 12.8. The van der Waals surface area contributed by atoms with Gasteiger partial charge in [0.25, 0.3) is 5.91 Å². The van der Waals surface area contributed by atoms with Crippen LogP contribution in [0.15, 0.2) is 12.1 Å². The smallest absolute Gasteiger partial charge is 0.339 e. The van der Waals surface area contributed by atoms with E-state index < -0.39 is 5.97 Å². The zero-order valence-electron chi connectivity index (χ0n) is 17.6. The summed E-state index contributed by atoms with van der Waals surface area (Å²) in [6.07, 6.45) is 3.65. The number of aromatic nitrogens is 1. The number of ether oxygens (including phenoxy) is 1. The molecule has 29 heavy (non-hydrogen) atoms. The highest BCUT2D eigenvalue weighted by atomic mass is 16.5. The first kappa shape index (κ1) is 21.3. The molecule has 2 fully saturated rings. The van der Waals surface area contributed by atoms with Gasteiger partial charge >= 0.3 is 5.97 Å². The Kier molecular flexibility index (Phi) is 6.87. The lowest BCUT2D eigenvalue weighted by atomic mass is 9.92. The molecule has 0 saturated carbocycles. The third kappa shape index (κ3) is 4.95. The monoisotopic (exact) mass is 401 g/mol. The van der Waals surface area contributed by atoms with Crippen LogP contribution in [0.5, 0.6) is 0 Å². The molecule has 1 atom stereocenters. The van der Waals surface area contributed by atoms with E-state index in [-0.39, 0.29) is 17.7 Å². The van der Waals surface area contributed by atoms with Crippen molar-refractivity contribution in [1.29, 1.82) is 0 Å². The van der Waals surface area contributed by atoms with Crippen molar-refractivity contribution in [2.75, 3.05) is 32.8 Å². The zero-order chi connectivity index (χ0) is 21.0. The summed E-state index contributed by atoms with van der Waals surface area (Å²) in [4.78, 5) is 45.6. The van der Waals surface area contributed by atoms with Gasteiger partial charge in [0, 0.05) is 32.1 Å². The van der Waals surface area contributed by atoms with Crippen LogP contribution in [0.4, 0.5) is 0 Å². The van der Waals surface area contributed by atoms with Gasteiger partial charge in [-0.3, -0.25) is 9.59 Å². The third-order valence-electron chi connectivity index (χ3n) is 5.90. The number of carbonyl (C=O) groups is 3. The van der Waals surface area contributed by atoms with E-state index in [9.17, 15) is 14.4 Å². The summed E-state index contributed by atoms with van der Waals surface area (Å²) in [6, 6.07) is 3.18. The second-order valence-corrected chi connectivity index (χ2v) is 8.15. The molecule has 0 N–H and O–H groups in total. The number of hydrogen-bond donors (Lipinski definition) is 0. The van der Waals surface area contributed by atoms with E-state index in [1.54, 1.807) is 30.9 Å². The molecular weight excluding hydrogens is 370 g/mol. The molecule has 158 valence electrons. The maximum Gasteiger partial charge on any atom is 0.339 e. The maximum absolute atomic E-state index is 12.8. The van der Waals surface area contributed by atoms with E-state index in [1.807, 2.05) is 4.90 Å². The molecular formula is C22H31N3O4. The molecule has 7 nitrogen and oxygen atoms in total. The Hall–Kier alpha value is -2.44. The summed E-state index contributed by atoms with van der Waals surface area (Å²) in [5, 5.41) is 0. The first-order valence-electron chi connectivity index (χ1n) is 10.6. The average molecular weight is 402 g/mol. The minimum Gasteiger partial charge on any atom is -0.462 e. The second-order valence-electron chi connectivity index (χ2n) is 8.15. The number of rotatable bonds is 4. The summed E-state index contributed by atoms with van der Waals surface area (Å²) in [5.74, 6) is 0.242. The first-order valence-corrected chi connectivity index (χ1v) is 10.6. The van der Waals surface area contributed by atoms with E-state index in [2.05, 4.69) is 11.9 Å². The highest BCUT2D eigenvalue weighted by Gasteiger charge is 2.32. The lowest BCUT2D eigenvalue weighted by Crippen LogP contribution is -2.47. The van der Waals surface area contributed by atoms with Gasteiger partial charge in [-0.2, -0.15) is 0 Å². The summed E-state index contributed by atoms with van der Waals surface area (Å²) in [7, 11) is 0. The molecule has 1 aromatic heterocycles. The normalized spacial score (nSPS) is 20.4. The fourth-order valence-electron chi connectivity index (χ4n) is 4.24. The van der Waals surface area contributed by atoms with Gasteiger partial charge in [-0.25, -0.2) is 9.78 Å². The Bertz CT molecular complexity index is 771. The number of likely N-dealkylation sites (tertiary alicyclic amines) is 2. The Balaban J connectivity index is 1.58. The minimum atomic E-state index is -0.428. The SMILES string of the molecule is CCOC(=O)c1ccc(C(=O)N2CCC(C(=O)N3CCCC(C)C3)CC2)nc1C. The Labute approximate surface area is 172 Å². The Morgan fingerprint density at radius 3 is 2.45 bits per heavy atom. The van der Waals surface area contributed by atoms with Crippen LogP contribution in [-0.4, -0.2) is 65.4 Å². The zero-order valence-corrected chi connectivity index (χ0v) is 17.6. The number of nitrogens with zero attached hydrogens (tertiary/aromatic N) is 3. The van der Waals surface area contributed by atoms with Crippen LogP contribution in [-0.2, 0) is 9.53 Å². The Morgan fingerprint density at radius 2 is 1.83 bits per heavy atom. The molecule has 1 unspecified atom stereocenters. The predicted molar refractivity (Wildman–Crippen MR) is 109 cm³/mol. The van der Waals surface area contributed by atoms with Crippen molar-refractivity contribution >= 4 is 17.8 Å². The van der Waals surface area contributed by atoms with Crippen LogP contribution in [0, 0.1) is 18.8 Å². The molecule has 0 radical (unpaired) electrons. The van der Waals surface area contributed by atoms with Crippen LogP contribution < -0.4 is 0 Å². The van der Waals surface area contributed by atoms with Crippen LogP contribution >= 0.6 is 0 Å². The van der Waals surface area contributed by atoms with E-state index in [0.29, 0.717) is 55.4 Å². The van der Waals surface area contributed by atoms with Crippen molar-refractivity contribution in [3.8, 4) is 0 Å². The van der Waals surface area contributed by atoms with Gasteiger partial charge in [-0.1, -0.05) is 6.92 Å². The molecule has 2 amide bonds. The van der Waals surface area contributed by atoms with Crippen molar-refractivity contribution in [2.24, 2.45) is 11.8 Å². The number of carbonyl (C=O) groups excluding carboxylic acids is 3. The van der Waals surface area contributed by atoms with Crippen molar-refractivity contribution in [3.05, 3.63) is 29.1 Å². The van der Waals surface area contributed by atoms with E-state index >= 15 is 0 Å². The molecule has 0 spiro atoms. The standard InChI is InChI=1S/C22H31N3O4/c1-4-29-22(28)18-7-8-19(23-16(18)3)21(27)24-12-9-17(10-13-24)20(26)25-11-5-6-15(2)14-25/h7-8,15,17H,4-6,9-14H2,1-3H3. The summed E-state index contributed by atoms with van der Waals surface area (Å²) in [6.45, 7) is 8.77. The number of pyridine rings is 1. The van der Waals surface area contributed by atoms with Gasteiger partial charge < -0.3 is 14.5 Å². The minimum absolute atomic E-state index is 0.00485. The highest BCUT2D eigenvalue weighted by Crippen LogP contribution is 2.24. The predicted octanol–water partition coefficient (Wildman–Crippen LogP) is 2.68. The van der Waals surface area contributed by atoms with Gasteiger partial charge in [0.1, 0.15) is 5.69 Å². The van der Waals surface area contributed by atoms with Gasteiger partial charge in [0.2, 0.25) is 5.91 Å². The number of aryl methyl sites for hydroxylation is 1. The fourth-order valence-corrected chi connectivity index (χ4v) is 4.24.